The van der Waals surface area contributed by atoms with E-state index in [2.05, 4.69) is 13.8 Å². The third-order valence-electron chi connectivity index (χ3n) is 2.51. The highest BCUT2D eigenvalue weighted by Gasteiger charge is 2.17. The Hall–Kier alpha value is 0.202. The first-order chi connectivity index (χ1) is 6.20. The van der Waals surface area contributed by atoms with Crippen LogP contribution in [0.1, 0.15) is 46.5 Å². The molecule has 0 aliphatic rings. The zero-order valence-corrected chi connectivity index (χ0v) is 10.6. The summed E-state index contributed by atoms with van der Waals surface area (Å²) in [6.07, 6.45) is 5.25. The van der Waals surface area contributed by atoms with Gasteiger partial charge in [0.05, 0.1) is 0 Å². The van der Waals surface area contributed by atoms with Crippen LogP contribution >= 0.6 is 0 Å². The van der Waals surface area contributed by atoms with Crippen molar-refractivity contribution in [3.63, 3.8) is 0 Å². The minimum Gasteiger partial charge on any atom is -0.301 e. The molecule has 0 amide bonds. The Labute approximate surface area is 87.3 Å². The number of hydrogen-bond donors (Lipinski definition) is 0. The van der Waals surface area contributed by atoms with Crippen molar-refractivity contribution in [1.29, 1.82) is 0 Å². The van der Waals surface area contributed by atoms with Crippen molar-refractivity contribution in [1.82, 2.24) is 0 Å². The number of unbranched alkanes of at least 4 members (excludes halogenated alkanes) is 2. The average Bonchev–Trinajstić information content (AvgIpc) is 2.09. The Morgan fingerprint density at radius 1 is 1.08 bits per heavy atom. The molecule has 0 aromatic carbocycles. The quantitative estimate of drug-likeness (QED) is 0.544. The van der Waals surface area contributed by atoms with Crippen molar-refractivity contribution in [2.45, 2.75) is 62.3 Å². The summed E-state index contributed by atoms with van der Waals surface area (Å²) in [6, 6.07) is 0. The summed E-state index contributed by atoms with van der Waals surface area (Å²) in [4.78, 5) is 11.0. The molecule has 0 bridgehead atoms. The molecule has 0 rings (SSSR count). The van der Waals surface area contributed by atoms with Crippen LogP contribution in [0.3, 0.4) is 0 Å². The van der Waals surface area contributed by atoms with E-state index in [1.54, 1.807) is 6.92 Å². The van der Waals surface area contributed by atoms with Crippen LogP contribution in [-0.2, 0) is 4.79 Å². The van der Waals surface area contributed by atoms with Gasteiger partial charge < -0.3 is 4.79 Å². The van der Waals surface area contributed by atoms with Crippen LogP contribution in [0, 0.1) is 0 Å². The van der Waals surface area contributed by atoms with E-state index in [1.807, 2.05) is 0 Å². The van der Waals surface area contributed by atoms with Gasteiger partial charge in [-0.2, -0.15) is 0 Å². The van der Waals surface area contributed by atoms with Gasteiger partial charge in [0.25, 0.3) is 14.1 Å². The number of carbonyl (C=O) groups excluding carboxylic acids is 1. The first kappa shape index (κ1) is 13.2. The highest BCUT2D eigenvalue weighted by molar-refractivity contribution is 6.62. The van der Waals surface area contributed by atoms with E-state index < -0.39 is 14.1 Å². The van der Waals surface area contributed by atoms with E-state index in [4.69, 9.17) is 0 Å². The minimum atomic E-state index is -0.676. The van der Waals surface area contributed by atoms with Gasteiger partial charge in [-0.05, 0) is 12.2 Å². The summed E-state index contributed by atoms with van der Waals surface area (Å²) in [6.45, 7) is 6.22. The molecule has 13 heavy (non-hydrogen) atoms. The van der Waals surface area contributed by atoms with Crippen molar-refractivity contribution in [3.8, 4) is 0 Å². The molecule has 76 valence electrons. The minimum absolute atomic E-state index is 0.420. The van der Waals surface area contributed by atoms with E-state index in [-0.39, 0.29) is 0 Å². The molecule has 2 heteroatoms. The molecule has 0 aliphatic carbocycles. The predicted molar refractivity (Wildman–Crippen MR) is 60.7 cm³/mol. The van der Waals surface area contributed by atoms with Crippen molar-refractivity contribution in [2.75, 3.05) is 0 Å². The Morgan fingerprint density at radius 2 is 1.54 bits per heavy atom. The number of carbonyl (C=O) groups is 1. The summed E-state index contributed by atoms with van der Waals surface area (Å²) >= 11 is -0.676. The third-order valence-corrected chi connectivity index (χ3v) is 6.11. The molecule has 0 aromatic rings. The Bertz CT molecular complexity index is 126. The Balaban J connectivity index is 3.66. The molecule has 0 unspecified atom stereocenters. The number of Topliss-reactive ketones (excluding diaryl/α,β-unsaturated/α-hetero) is 1. The monoisotopic (exact) mass is 198 g/mol. The zero-order valence-electron chi connectivity index (χ0n) is 9.44. The van der Waals surface area contributed by atoms with Crippen LogP contribution in [0.5, 0.6) is 0 Å². The molecule has 0 spiro atoms. The van der Waals surface area contributed by atoms with Crippen LogP contribution in [0.25, 0.3) is 0 Å². The lowest BCUT2D eigenvalue weighted by molar-refractivity contribution is -0.115. The van der Waals surface area contributed by atoms with E-state index in [0.29, 0.717) is 5.78 Å². The fraction of sp³-hybridized carbons (Fsp3) is 0.909. The second kappa shape index (κ2) is 8.79. The SMILES string of the molecule is CCC[CH2][Al]([CH2]CCC)[CH2]C(C)=O. The number of rotatable bonds is 8. The molecule has 0 fully saturated rings. The fourth-order valence-electron chi connectivity index (χ4n) is 1.74. The van der Waals surface area contributed by atoms with Gasteiger partial charge in [-0.3, -0.25) is 0 Å². The molecule has 0 saturated heterocycles. The summed E-state index contributed by atoms with van der Waals surface area (Å²) in [5.41, 5.74) is 0. The third kappa shape index (κ3) is 8.53. The highest BCUT2D eigenvalue weighted by Crippen LogP contribution is 2.13. The maximum atomic E-state index is 11.0. The van der Waals surface area contributed by atoms with Gasteiger partial charge >= 0.3 is 0 Å². The van der Waals surface area contributed by atoms with Gasteiger partial charge in [-0.15, -0.1) is 0 Å². The summed E-state index contributed by atoms with van der Waals surface area (Å²) in [7, 11) is 0. The summed E-state index contributed by atoms with van der Waals surface area (Å²) in [5, 5.41) is 3.71. The predicted octanol–water partition coefficient (Wildman–Crippen LogP) is 3.67. The molecular formula is C11H23AlO. The Morgan fingerprint density at radius 3 is 1.85 bits per heavy atom. The molecule has 1 nitrogen and oxygen atoms in total. The van der Waals surface area contributed by atoms with E-state index in [0.717, 1.165) is 5.28 Å². The van der Waals surface area contributed by atoms with Crippen molar-refractivity contribution in [3.05, 3.63) is 0 Å². The van der Waals surface area contributed by atoms with E-state index >= 15 is 0 Å². The maximum absolute atomic E-state index is 11.0. The van der Waals surface area contributed by atoms with Crippen molar-refractivity contribution in [2.24, 2.45) is 0 Å². The summed E-state index contributed by atoms with van der Waals surface area (Å²) in [5.74, 6) is 0.420. The molecule has 0 atom stereocenters. The van der Waals surface area contributed by atoms with E-state index in [9.17, 15) is 4.79 Å². The lowest BCUT2D eigenvalue weighted by Crippen LogP contribution is -2.15. The number of ketones is 1. The standard InChI is InChI=1S/2C4H9.C3H5O.Al/c2*1-3-4-2;1-3(2)4;/h2*1,3-4H2,2H3;1H2,2H3;. The Kier molecular flexibility index (Phi) is 8.92. The van der Waals surface area contributed by atoms with Crippen molar-refractivity contribution >= 4 is 19.9 Å². The second-order valence-electron chi connectivity index (χ2n) is 4.06. The zero-order chi connectivity index (χ0) is 10.1. The van der Waals surface area contributed by atoms with Gasteiger partial charge in [0, 0.05) is 0 Å². The molecule has 0 aromatic heterocycles. The van der Waals surface area contributed by atoms with Gasteiger partial charge in [0.15, 0.2) is 0 Å². The maximum Gasteiger partial charge on any atom is 0.272 e. The molecule has 0 radical (unpaired) electrons. The largest absolute Gasteiger partial charge is 0.301 e. The fourth-order valence-corrected chi connectivity index (χ4v) is 5.22. The van der Waals surface area contributed by atoms with Crippen molar-refractivity contribution < 1.29 is 4.79 Å². The second-order valence-corrected chi connectivity index (χ2v) is 7.35. The lowest BCUT2D eigenvalue weighted by Gasteiger charge is -2.08. The van der Waals surface area contributed by atoms with E-state index in [1.165, 1.54) is 36.2 Å². The van der Waals surface area contributed by atoms with Crippen LogP contribution in [-0.4, -0.2) is 19.9 Å². The molecule has 0 aliphatic heterocycles. The highest BCUT2D eigenvalue weighted by atomic mass is 27.2. The van der Waals surface area contributed by atoms with Crippen LogP contribution in [0.2, 0.25) is 15.8 Å². The van der Waals surface area contributed by atoms with Gasteiger partial charge in [0.2, 0.25) is 0 Å². The van der Waals surface area contributed by atoms with Crippen LogP contribution in [0.15, 0.2) is 0 Å². The lowest BCUT2D eigenvalue weighted by atomic mass is 10.4. The average molecular weight is 198 g/mol. The number of hydrogen-bond acceptors (Lipinski definition) is 1. The van der Waals surface area contributed by atoms with Gasteiger partial charge in [-0.1, -0.05) is 50.1 Å². The molecule has 0 heterocycles. The molecular weight excluding hydrogens is 175 g/mol. The summed E-state index contributed by atoms with van der Waals surface area (Å²) < 4.78 is 0. The van der Waals surface area contributed by atoms with Crippen LogP contribution in [0.4, 0.5) is 0 Å². The topological polar surface area (TPSA) is 17.1 Å². The van der Waals surface area contributed by atoms with Gasteiger partial charge in [-0.25, -0.2) is 0 Å². The molecule has 0 saturated carbocycles. The normalized spacial score (nSPS) is 10.1. The van der Waals surface area contributed by atoms with Crippen LogP contribution < -0.4 is 0 Å². The first-order valence-electron chi connectivity index (χ1n) is 5.70. The smallest absolute Gasteiger partial charge is 0.272 e. The first-order valence-corrected chi connectivity index (χ1v) is 8.15. The van der Waals surface area contributed by atoms with Gasteiger partial charge in [0.1, 0.15) is 5.78 Å². The molecule has 0 N–H and O–H groups in total.